The first-order valence-electron chi connectivity index (χ1n) is 6.73. The van der Waals surface area contributed by atoms with E-state index in [0.717, 1.165) is 11.3 Å². The summed E-state index contributed by atoms with van der Waals surface area (Å²) >= 11 is 12.8. The van der Waals surface area contributed by atoms with Gasteiger partial charge in [-0.2, -0.15) is 0 Å². The summed E-state index contributed by atoms with van der Waals surface area (Å²) in [5.41, 5.74) is 2.17. The third kappa shape index (κ3) is 5.20. The number of carbonyl (C=O) groups excluding carboxylic acids is 1. The molecular weight excluding hydrogens is 352 g/mol. The van der Waals surface area contributed by atoms with Crippen molar-refractivity contribution in [3.8, 4) is 5.75 Å². The average Bonchev–Trinajstić information content (AvgIpc) is 2.53. The highest BCUT2D eigenvalue weighted by Gasteiger charge is 2.07. The lowest BCUT2D eigenvalue weighted by Gasteiger charge is -2.12. The standard InChI is InChI=1S/C16H15ClN2O2S2/c1-10(20)13-5-3-11(8-18-13)9-23-16(22)19-14-7-12(17)4-6-15(14)21-2/h3-8H,9H2,1-2H3,(H,19,22). The fourth-order valence-corrected chi connectivity index (χ4v) is 2.90. The Bertz CT molecular complexity index is 721. The molecule has 23 heavy (non-hydrogen) atoms. The number of methoxy groups -OCH3 is 1. The van der Waals surface area contributed by atoms with Crippen molar-refractivity contribution in [2.45, 2.75) is 12.7 Å². The minimum Gasteiger partial charge on any atom is -0.495 e. The van der Waals surface area contributed by atoms with Gasteiger partial charge in [0.1, 0.15) is 15.8 Å². The number of halogens is 1. The van der Waals surface area contributed by atoms with E-state index in [-0.39, 0.29) is 5.78 Å². The van der Waals surface area contributed by atoms with E-state index in [1.165, 1.54) is 18.7 Å². The number of ether oxygens (including phenoxy) is 1. The number of pyridine rings is 1. The highest BCUT2D eigenvalue weighted by atomic mass is 35.5. The summed E-state index contributed by atoms with van der Waals surface area (Å²) in [5.74, 6) is 1.28. The molecule has 0 unspecified atom stereocenters. The van der Waals surface area contributed by atoms with Crippen molar-refractivity contribution < 1.29 is 9.53 Å². The minimum atomic E-state index is -0.0468. The Balaban J connectivity index is 1.95. The zero-order valence-electron chi connectivity index (χ0n) is 12.6. The molecule has 4 nitrogen and oxygen atoms in total. The largest absolute Gasteiger partial charge is 0.495 e. The summed E-state index contributed by atoms with van der Waals surface area (Å²) in [7, 11) is 1.59. The van der Waals surface area contributed by atoms with Gasteiger partial charge in [0, 0.05) is 23.9 Å². The van der Waals surface area contributed by atoms with Crippen LogP contribution in [-0.4, -0.2) is 22.2 Å². The number of nitrogens with zero attached hydrogens (tertiary/aromatic N) is 1. The molecule has 0 radical (unpaired) electrons. The second-order valence-electron chi connectivity index (χ2n) is 4.65. The first-order chi connectivity index (χ1) is 11.0. The maximum Gasteiger partial charge on any atom is 0.178 e. The van der Waals surface area contributed by atoms with Crippen LogP contribution in [0.15, 0.2) is 36.5 Å². The lowest BCUT2D eigenvalue weighted by Crippen LogP contribution is -2.06. The first kappa shape index (κ1) is 17.7. The molecule has 120 valence electrons. The molecule has 0 aliphatic carbocycles. The second kappa shape index (κ2) is 8.29. The molecule has 0 aliphatic rings. The molecular formula is C16H15ClN2O2S2. The number of ketones is 1. The highest BCUT2D eigenvalue weighted by molar-refractivity contribution is 8.22. The minimum absolute atomic E-state index is 0.0468. The number of benzene rings is 1. The van der Waals surface area contributed by atoms with Crippen LogP contribution in [0.5, 0.6) is 5.75 Å². The van der Waals surface area contributed by atoms with Gasteiger partial charge in [0.05, 0.1) is 12.8 Å². The van der Waals surface area contributed by atoms with Crippen molar-refractivity contribution in [3.63, 3.8) is 0 Å². The van der Waals surface area contributed by atoms with Gasteiger partial charge in [-0.3, -0.25) is 9.78 Å². The maximum atomic E-state index is 11.2. The Hall–Kier alpha value is -1.63. The molecule has 2 rings (SSSR count). The van der Waals surface area contributed by atoms with Crippen molar-refractivity contribution in [1.82, 2.24) is 4.98 Å². The van der Waals surface area contributed by atoms with Gasteiger partial charge in [0.25, 0.3) is 0 Å². The Morgan fingerprint density at radius 3 is 2.78 bits per heavy atom. The highest BCUT2D eigenvalue weighted by Crippen LogP contribution is 2.29. The van der Waals surface area contributed by atoms with Crippen LogP contribution >= 0.6 is 35.6 Å². The van der Waals surface area contributed by atoms with Gasteiger partial charge in [-0.05, 0) is 29.8 Å². The molecule has 0 bridgehead atoms. The molecule has 2 aromatic rings. The Kier molecular flexibility index (Phi) is 6.38. The van der Waals surface area contributed by atoms with E-state index in [1.54, 1.807) is 37.6 Å². The predicted octanol–water partition coefficient (Wildman–Crippen LogP) is 4.58. The molecule has 0 amide bonds. The molecule has 1 N–H and O–H groups in total. The number of thioether (sulfide) groups is 1. The van der Waals surface area contributed by atoms with E-state index in [1.807, 2.05) is 6.07 Å². The number of hydrogen-bond acceptors (Lipinski definition) is 5. The third-order valence-corrected chi connectivity index (χ3v) is 4.49. The Morgan fingerprint density at radius 1 is 1.39 bits per heavy atom. The van der Waals surface area contributed by atoms with E-state index in [9.17, 15) is 4.79 Å². The molecule has 0 saturated heterocycles. The van der Waals surface area contributed by atoms with Crippen LogP contribution in [0, 0.1) is 0 Å². The fraction of sp³-hybridized carbons (Fsp3) is 0.188. The van der Waals surface area contributed by atoms with Crippen LogP contribution < -0.4 is 10.1 Å². The summed E-state index contributed by atoms with van der Waals surface area (Å²) < 4.78 is 5.87. The number of Topliss-reactive ketones (excluding diaryl/α,β-unsaturated/α-hetero) is 1. The van der Waals surface area contributed by atoms with Gasteiger partial charge in [-0.25, -0.2) is 0 Å². The van der Waals surface area contributed by atoms with Crippen molar-refractivity contribution in [2.75, 3.05) is 12.4 Å². The van der Waals surface area contributed by atoms with Crippen LogP contribution in [0.4, 0.5) is 5.69 Å². The molecule has 7 heteroatoms. The molecule has 0 aliphatic heterocycles. The van der Waals surface area contributed by atoms with Gasteiger partial charge in [-0.1, -0.05) is 41.6 Å². The molecule has 0 atom stereocenters. The van der Waals surface area contributed by atoms with Crippen LogP contribution in [-0.2, 0) is 5.75 Å². The number of aromatic nitrogens is 1. The number of carbonyl (C=O) groups is 1. The molecule has 0 saturated carbocycles. The van der Waals surface area contributed by atoms with Crippen molar-refractivity contribution in [3.05, 3.63) is 52.8 Å². The quantitative estimate of drug-likeness (QED) is 0.617. The van der Waals surface area contributed by atoms with Crippen LogP contribution in [0.25, 0.3) is 0 Å². The van der Waals surface area contributed by atoms with Gasteiger partial charge < -0.3 is 10.1 Å². The smallest absolute Gasteiger partial charge is 0.178 e. The number of hydrogen-bond donors (Lipinski definition) is 1. The molecule has 1 heterocycles. The zero-order chi connectivity index (χ0) is 16.8. The lowest BCUT2D eigenvalue weighted by molar-refractivity contribution is 0.101. The Labute approximate surface area is 149 Å². The van der Waals surface area contributed by atoms with Crippen LogP contribution in [0.2, 0.25) is 5.02 Å². The van der Waals surface area contributed by atoms with Crippen LogP contribution in [0.3, 0.4) is 0 Å². The number of rotatable bonds is 5. The molecule has 1 aromatic carbocycles. The average molecular weight is 367 g/mol. The van der Waals surface area contributed by atoms with Gasteiger partial charge in [0.2, 0.25) is 0 Å². The lowest BCUT2D eigenvalue weighted by atomic mass is 10.2. The van der Waals surface area contributed by atoms with E-state index >= 15 is 0 Å². The third-order valence-electron chi connectivity index (χ3n) is 2.95. The normalized spacial score (nSPS) is 10.2. The number of anilines is 1. The summed E-state index contributed by atoms with van der Waals surface area (Å²) in [4.78, 5) is 15.3. The monoisotopic (exact) mass is 366 g/mol. The molecule has 0 spiro atoms. The molecule has 0 fully saturated rings. The summed E-state index contributed by atoms with van der Waals surface area (Å²) in [6.07, 6.45) is 1.69. The van der Waals surface area contributed by atoms with Crippen molar-refractivity contribution in [1.29, 1.82) is 0 Å². The van der Waals surface area contributed by atoms with E-state index in [2.05, 4.69) is 10.3 Å². The molecule has 1 aromatic heterocycles. The zero-order valence-corrected chi connectivity index (χ0v) is 15.0. The maximum absolute atomic E-state index is 11.2. The van der Waals surface area contributed by atoms with Gasteiger partial charge >= 0.3 is 0 Å². The van der Waals surface area contributed by atoms with Gasteiger partial charge in [-0.15, -0.1) is 0 Å². The fourth-order valence-electron chi connectivity index (χ4n) is 1.79. The van der Waals surface area contributed by atoms with Crippen LogP contribution in [0.1, 0.15) is 23.0 Å². The van der Waals surface area contributed by atoms with E-state index in [4.69, 9.17) is 28.6 Å². The summed E-state index contributed by atoms with van der Waals surface area (Å²) in [6.45, 7) is 1.49. The SMILES string of the molecule is COc1ccc(Cl)cc1NC(=S)SCc1ccc(C(C)=O)nc1. The number of thiocarbonyl (C=S) groups is 1. The van der Waals surface area contributed by atoms with E-state index < -0.39 is 0 Å². The first-order valence-corrected chi connectivity index (χ1v) is 8.50. The van der Waals surface area contributed by atoms with Crippen molar-refractivity contribution >= 4 is 51.4 Å². The van der Waals surface area contributed by atoms with Gasteiger partial charge in [0.15, 0.2) is 5.78 Å². The topological polar surface area (TPSA) is 51.2 Å². The number of nitrogens with one attached hydrogen (secondary N) is 1. The summed E-state index contributed by atoms with van der Waals surface area (Å²) in [5, 5.41) is 3.71. The Morgan fingerprint density at radius 2 is 2.17 bits per heavy atom. The summed E-state index contributed by atoms with van der Waals surface area (Å²) in [6, 6.07) is 8.89. The van der Waals surface area contributed by atoms with Crippen molar-refractivity contribution in [2.24, 2.45) is 0 Å². The second-order valence-corrected chi connectivity index (χ2v) is 6.74. The van der Waals surface area contributed by atoms with E-state index in [0.29, 0.717) is 26.5 Å². The predicted molar refractivity (Wildman–Crippen MR) is 99.8 cm³/mol.